The van der Waals surface area contributed by atoms with Crippen molar-refractivity contribution in [2.24, 2.45) is 5.92 Å². The molecule has 0 saturated heterocycles. The highest BCUT2D eigenvalue weighted by Gasteiger charge is 2.28. The van der Waals surface area contributed by atoms with Crippen molar-refractivity contribution in [2.45, 2.75) is 52.4 Å². The van der Waals surface area contributed by atoms with Crippen LogP contribution in [-0.4, -0.2) is 17.6 Å². The van der Waals surface area contributed by atoms with Crippen LogP contribution in [-0.2, 0) is 9.53 Å². The van der Waals surface area contributed by atoms with Gasteiger partial charge < -0.3 is 4.74 Å². The summed E-state index contributed by atoms with van der Waals surface area (Å²) in [6, 6.07) is 4.28. The van der Waals surface area contributed by atoms with Crippen LogP contribution < -0.4 is 0 Å². The number of pyridine rings is 1. The average molecular weight is 261 g/mol. The maximum Gasteiger partial charge on any atom is 0.308 e. The Morgan fingerprint density at radius 1 is 1.26 bits per heavy atom. The van der Waals surface area contributed by atoms with E-state index >= 15 is 0 Å². The van der Waals surface area contributed by atoms with Gasteiger partial charge in [-0.1, -0.05) is 6.07 Å². The second kappa shape index (κ2) is 6.18. The molecule has 19 heavy (non-hydrogen) atoms. The van der Waals surface area contributed by atoms with Crippen LogP contribution in [0.4, 0.5) is 0 Å². The molecule has 1 saturated carbocycles. The number of carbonyl (C=O) groups excluding carboxylic acids is 1. The third-order valence-corrected chi connectivity index (χ3v) is 4.14. The third kappa shape index (κ3) is 3.34. The molecule has 3 heteroatoms. The molecule has 1 heterocycles. The molecule has 0 bridgehead atoms. The molecule has 1 aliphatic carbocycles. The first kappa shape index (κ1) is 14.0. The molecular formula is C16H23NO2. The molecule has 1 aromatic heterocycles. The van der Waals surface area contributed by atoms with Crippen LogP contribution in [0.15, 0.2) is 12.1 Å². The zero-order chi connectivity index (χ0) is 13.8. The van der Waals surface area contributed by atoms with Crippen molar-refractivity contribution in [1.29, 1.82) is 0 Å². The Morgan fingerprint density at radius 3 is 2.53 bits per heavy atom. The van der Waals surface area contributed by atoms with E-state index < -0.39 is 0 Å². The minimum absolute atomic E-state index is 0.0194. The Kier molecular flexibility index (Phi) is 4.56. The number of carbonyl (C=O) groups is 1. The molecule has 2 rings (SSSR count). The van der Waals surface area contributed by atoms with Gasteiger partial charge in [0.2, 0.25) is 0 Å². The summed E-state index contributed by atoms with van der Waals surface area (Å²) < 4.78 is 5.10. The van der Waals surface area contributed by atoms with Crippen LogP contribution in [0.3, 0.4) is 0 Å². The minimum atomic E-state index is -0.0194. The highest BCUT2D eigenvalue weighted by atomic mass is 16.5. The minimum Gasteiger partial charge on any atom is -0.466 e. The van der Waals surface area contributed by atoms with Crippen molar-refractivity contribution in [3.05, 3.63) is 29.1 Å². The van der Waals surface area contributed by atoms with Gasteiger partial charge in [-0.3, -0.25) is 9.78 Å². The van der Waals surface area contributed by atoms with Gasteiger partial charge in [0.25, 0.3) is 0 Å². The maximum absolute atomic E-state index is 11.7. The standard InChI is InChI=1S/C16H23NO2/c1-4-19-16(18)14-8-6-13(7-9-14)15-10-5-11(2)12(3)17-15/h5,10,13-14H,4,6-9H2,1-3H3. The molecule has 0 amide bonds. The van der Waals surface area contributed by atoms with Gasteiger partial charge in [-0.05, 0) is 58.1 Å². The molecule has 1 fully saturated rings. The molecule has 0 radical (unpaired) electrons. The average Bonchev–Trinajstić information content (AvgIpc) is 2.42. The summed E-state index contributed by atoms with van der Waals surface area (Å²) in [7, 11) is 0. The first-order chi connectivity index (χ1) is 9.11. The molecule has 104 valence electrons. The Hall–Kier alpha value is -1.38. The summed E-state index contributed by atoms with van der Waals surface area (Å²) in [6.07, 6.45) is 3.94. The van der Waals surface area contributed by atoms with Gasteiger partial charge >= 0.3 is 5.97 Å². The smallest absolute Gasteiger partial charge is 0.308 e. The van der Waals surface area contributed by atoms with E-state index in [9.17, 15) is 4.79 Å². The van der Waals surface area contributed by atoms with E-state index in [1.54, 1.807) is 0 Å². The fourth-order valence-electron chi connectivity index (χ4n) is 2.76. The number of nitrogens with zero attached hydrogens (tertiary/aromatic N) is 1. The topological polar surface area (TPSA) is 39.2 Å². The molecule has 3 nitrogen and oxygen atoms in total. The van der Waals surface area contributed by atoms with Gasteiger partial charge in [-0.15, -0.1) is 0 Å². The first-order valence-corrected chi connectivity index (χ1v) is 7.22. The number of ether oxygens (including phenoxy) is 1. The zero-order valence-electron chi connectivity index (χ0n) is 12.1. The van der Waals surface area contributed by atoms with Crippen LogP contribution >= 0.6 is 0 Å². The van der Waals surface area contributed by atoms with E-state index in [1.807, 2.05) is 6.92 Å². The molecule has 0 atom stereocenters. The molecule has 1 aromatic rings. The Bertz CT molecular complexity index is 448. The Balaban J connectivity index is 1.96. The SMILES string of the molecule is CCOC(=O)C1CCC(c2ccc(C)c(C)n2)CC1. The Morgan fingerprint density at radius 2 is 1.95 bits per heavy atom. The molecule has 0 aliphatic heterocycles. The summed E-state index contributed by atoms with van der Waals surface area (Å²) in [6.45, 7) is 6.49. The predicted octanol–water partition coefficient (Wildman–Crippen LogP) is 3.54. The van der Waals surface area contributed by atoms with Gasteiger partial charge in [0, 0.05) is 17.3 Å². The van der Waals surface area contributed by atoms with Crippen molar-refractivity contribution >= 4 is 5.97 Å². The van der Waals surface area contributed by atoms with Crippen molar-refractivity contribution < 1.29 is 9.53 Å². The zero-order valence-corrected chi connectivity index (χ0v) is 12.1. The van der Waals surface area contributed by atoms with Gasteiger partial charge in [0.15, 0.2) is 0 Å². The number of hydrogen-bond donors (Lipinski definition) is 0. The van der Waals surface area contributed by atoms with Crippen molar-refractivity contribution in [3.63, 3.8) is 0 Å². The van der Waals surface area contributed by atoms with Gasteiger partial charge in [-0.2, -0.15) is 0 Å². The number of esters is 1. The highest BCUT2D eigenvalue weighted by molar-refractivity contribution is 5.72. The summed E-state index contributed by atoms with van der Waals surface area (Å²) >= 11 is 0. The number of aromatic nitrogens is 1. The summed E-state index contributed by atoms with van der Waals surface area (Å²) in [5, 5.41) is 0. The monoisotopic (exact) mass is 261 g/mol. The summed E-state index contributed by atoms with van der Waals surface area (Å²) in [5.41, 5.74) is 3.54. The normalized spacial score (nSPS) is 23.1. The summed E-state index contributed by atoms with van der Waals surface area (Å²) in [5.74, 6) is 0.585. The molecule has 0 N–H and O–H groups in total. The van der Waals surface area contributed by atoms with Gasteiger partial charge in [0.05, 0.1) is 12.5 Å². The van der Waals surface area contributed by atoms with Gasteiger partial charge in [-0.25, -0.2) is 0 Å². The third-order valence-electron chi connectivity index (χ3n) is 4.14. The van der Waals surface area contributed by atoms with E-state index in [2.05, 4.69) is 31.0 Å². The first-order valence-electron chi connectivity index (χ1n) is 7.22. The lowest BCUT2D eigenvalue weighted by Gasteiger charge is -2.27. The van der Waals surface area contributed by atoms with Crippen molar-refractivity contribution in [1.82, 2.24) is 4.98 Å². The molecule has 1 aliphatic rings. The van der Waals surface area contributed by atoms with Crippen molar-refractivity contribution in [2.75, 3.05) is 6.61 Å². The lowest BCUT2D eigenvalue weighted by Crippen LogP contribution is -2.23. The number of rotatable bonds is 3. The van der Waals surface area contributed by atoms with E-state index in [-0.39, 0.29) is 11.9 Å². The van der Waals surface area contributed by atoms with E-state index in [1.165, 1.54) is 11.3 Å². The molecule has 0 aromatic carbocycles. The summed E-state index contributed by atoms with van der Waals surface area (Å²) in [4.78, 5) is 16.4. The fourth-order valence-corrected chi connectivity index (χ4v) is 2.76. The number of hydrogen-bond acceptors (Lipinski definition) is 3. The maximum atomic E-state index is 11.7. The molecular weight excluding hydrogens is 238 g/mol. The van der Waals surface area contributed by atoms with Crippen LogP contribution in [0.5, 0.6) is 0 Å². The highest BCUT2D eigenvalue weighted by Crippen LogP contribution is 2.35. The number of aryl methyl sites for hydroxylation is 2. The lowest BCUT2D eigenvalue weighted by molar-refractivity contribution is -0.149. The van der Waals surface area contributed by atoms with E-state index in [0.717, 1.165) is 31.4 Å². The quantitative estimate of drug-likeness (QED) is 0.781. The molecule has 0 spiro atoms. The van der Waals surface area contributed by atoms with Crippen LogP contribution in [0, 0.1) is 19.8 Å². The second-order valence-electron chi connectivity index (χ2n) is 5.44. The second-order valence-corrected chi connectivity index (χ2v) is 5.44. The largest absolute Gasteiger partial charge is 0.466 e. The van der Waals surface area contributed by atoms with Crippen LogP contribution in [0.2, 0.25) is 0 Å². The molecule has 0 unspecified atom stereocenters. The van der Waals surface area contributed by atoms with E-state index in [0.29, 0.717) is 12.5 Å². The van der Waals surface area contributed by atoms with Crippen LogP contribution in [0.25, 0.3) is 0 Å². The van der Waals surface area contributed by atoms with Gasteiger partial charge in [0.1, 0.15) is 0 Å². The lowest BCUT2D eigenvalue weighted by atomic mass is 9.80. The van der Waals surface area contributed by atoms with E-state index in [4.69, 9.17) is 4.74 Å². The van der Waals surface area contributed by atoms with Crippen molar-refractivity contribution in [3.8, 4) is 0 Å². The Labute approximate surface area is 115 Å². The fraction of sp³-hybridized carbons (Fsp3) is 0.625. The predicted molar refractivity (Wildman–Crippen MR) is 75.0 cm³/mol. The van der Waals surface area contributed by atoms with Crippen LogP contribution in [0.1, 0.15) is 55.5 Å².